The molecule has 2 aromatic rings. The maximum absolute atomic E-state index is 12.8. The van der Waals surface area contributed by atoms with Gasteiger partial charge in [0.2, 0.25) is 5.91 Å². The van der Waals surface area contributed by atoms with Crippen LogP contribution in [0.25, 0.3) is 0 Å². The average Bonchev–Trinajstić information content (AvgIpc) is 2.69. The van der Waals surface area contributed by atoms with Gasteiger partial charge in [-0.1, -0.05) is 36.4 Å². The van der Waals surface area contributed by atoms with Gasteiger partial charge in [-0.3, -0.25) is 4.79 Å². The molecule has 26 heavy (non-hydrogen) atoms. The van der Waals surface area contributed by atoms with Crippen LogP contribution in [0, 0.1) is 12.3 Å². The zero-order valence-corrected chi connectivity index (χ0v) is 15.2. The minimum Gasteiger partial charge on any atom is -0.457 e. The SMILES string of the molecule is Cc1ccccc1Oc1ccccc1CNC(=O)C1(CN)CCOCC1. The summed E-state index contributed by atoms with van der Waals surface area (Å²) in [6.07, 6.45) is 1.33. The second kappa shape index (κ2) is 8.34. The summed E-state index contributed by atoms with van der Waals surface area (Å²) >= 11 is 0. The number of rotatable bonds is 6. The van der Waals surface area contributed by atoms with Crippen LogP contribution in [0.2, 0.25) is 0 Å². The smallest absolute Gasteiger partial charge is 0.227 e. The predicted octanol–water partition coefficient (Wildman–Crippen LogP) is 3.16. The summed E-state index contributed by atoms with van der Waals surface area (Å²) in [5.74, 6) is 1.55. The van der Waals surface area contributed by atoms with Crippen molar-refractivity contribution < 1.29 is 14.3 Å². The van der Waals surface area contributed by atoms with E-state index in [0.717, 1.165) is 22.6 Å². The van der Waals surface area contributed by atoms with Gasteiger partial charge in [-0.25, -0.2) is 0 Å². The fraction of sp³-hybridized carbons (Fsp3) is 0.381. The summed E-state index contributed by atoms with van der Waals surface area (Å²) in [5.41, 5.74) is 7.39. The first-order chi connectivity index (χ1) is 12.6. The molecule has 2 aromatic carbocycles. The number of hydrogen-bond donors (Lipinski definition) is 2. The Morgan fingerprint density at radius 3 is 2.46 bits per heavy atom. The van der Waals surface area contributed by atoms with E-state index >= 15 is 0 Å². The molecule has 0 unspecified atom stereocenters. The van der Waals surface area contributed by atoms with Crippen LogP contribution in [0.15, 0.2) is 48.5 Å². The Morgan fingerprint density at radius 2 is 1.77 bits per heavy atom. The Labute approximate surface area is 154 Å². The number of amides is 1. The zero-order chi connectivity index (χ0) is 18.4. The Hall–Kier alpha value is -2.37. The average molecular weight is 354 g/mol. The second-order valence-electron chi connectivity index (χ2n) is 6.75. The van der Waals surface area contributed by atoms with Crippen LogP contribution < -0.4 is 15.8 Å². The second-order valence-corrected chi connectivity index (χ2v) is 6.75. The topological polar surface area (TPSA) is 73.6 Å². The Morgan fingerprint density at radius 1 is 1.12 bits per heavy atom. The fourth-order valence-electron chi connectivity index (χ4n) is 3.19. The molecule has 0 spiro atoms. The first-order valence-electron chi connectivity index (χ1n) is 9.02. The van der Waals surface area contributed by atoms with Crippen molar-refractivity contribution in [2.45, 2.75) is 26.3 Å². The summed E-state index contributed by atoms with van der Waals surface area (Å²) in [6.45, 7) is 3.91. The molecule has 1 fully saturated rings. The molecule has 1 aliphatic rings. The van der Waals surface area contributed by atoms with Gasteiger partial charge in [-0.15, -0.1) is 0 Å². The molecule has 0 aliphatic carbocycles. The van der Waals surface area contributed by atoms with E-state index in [-0.39, 0.29) is 5.91 Å². The number of hydrogen-bond acceptors (Lipinski definition) is 4. The molecule has 3 N–H and O–H groups in total. The molecule has 3 rings (SSSR count). The number of carbonyl (C=O) groups is 1. The van der Waals surface area contributed by atoms with E-state index in [2.05, 4.69) is 5.32 Å². The molecule has 1 amide bonds. The molecular formula is C21H26N2O3. The molecule has 0 saturated carbocycles. The van der Waals surface area contributed by atoms with Crippen molar-refractivity contribution in [1.29, 1.82) is 0 Å². The molecule has 1 aliphatic heterocycles. The third kappa shape index (κ3) is 4.06. The zero-order valence-electron chi connectivity index (χ0n) is 15.2. The van der Waals surface area contributed by atoms with Crippen molar-refractivity contribution in [2.24, 2.45) is 11.1 Å². The summed E-state index contributed by atoms with van der Waals surface area (Å²) in [6, 6.07) is 15.6. The molecule has 1 heterocycles. The molecule has 5 heteroatoms. The number of aryl methyl sites for hydroxylation is 1. The third-order valence-electron chi connectivity index (χ3n) is 5.05. The molecule has 0 radical (unpaired) electrons. The van der Waals surface area contributed by atoms with E-state index in [0.29, 0.717) is 39.1 Å². The van der Waals surface area contributed by atoms with Crippen LogP contribution in [-0.2, 0) is 16.1 Å². The number of nitrogens with one attached hydrogen (secondary N) is 1. The molecule has 138 valence electrons. The van der Waals surface area contributed by atoms with Gasteiger partial charge < -0.3 is 20.5 Å². The largest absolute Gasteiger partial charge is 0.457 e. The van der Waals surface area contributed by atoms with Gasteiger partial charge in [-0.05, 0) is 37.5 Å². The van der Waals surface area contributed by atoms with Crippen molar-refractivity contribution >= 4 is 5.91 Å². The van der Waals surface area contributed by atoms with Gasteiger partial charge in [-0.2, -0.15) is 0 Å². The standard InChI is InChI=1S/C21H26N2O3/c1-16-6-2-4-8-18(16)26-19-9-5-3-7-17(19)14-23-20(24)21(15-22)10-12-25-13-11-21/h2-9H,10-15,22H2,1H3,(H,23,24). The Balaban J connectivity index is 1.70. The summed E-state index contributed by atoms with van der Waals surface area (Å²) in [7, 11) is 0. The van der Waals surface area contributed by atoms with Crippen LogP contribution >= 0.6 is 0 Å². The van der Waals surface area contributed by atoms with E-state index in [4.69, 9.17) is 15.2 Å². The van der Waals surface area contributed by atoms with Crippen molar-refractivity contribution in [3.63, 3.8) is 0 Å². The quantitative estimate of drug-likeness (QED) is 0.836. The van der Waals surface area contributed by atoms with Crippen LogP contribution in [0.4, 0.5) is 0 Å². The highest BCUT2D eigenvalue weighted by Crippen LogP contribution is 2.31. The molecule has 0 atom stereocenters. The molecule has 0 bridgehead atoms. The third-order valence-corrected chi connectivity index (χ3v) is 5.05. The van der Waals surface area contributed by atoms with Crippen LogP contribution in [0.1, 0.15) is 24.0 Å². The van der Waals surface area contributed by atoms with Crippen molar-refractivity contribution in [3.05, 3.63) is 59.7 Å². The van der Waals surface area contributed by atoms with Gasteiger partial charge in [0, 0.05) is 31.9 Å². The fourth-order valence-corrected chi connectivity index (χ4v) is 3.19. The first kappa shape index (κ1) is 18.4. The van der Waals surface area contributed by atoms with Crippen molar-refractivity contribution in [1.82, 2.24) is 5.32 Å². The highest BCUT2D eigenvalue weighted by Gasteiger charge is 2.38. The number of carbonyl (C=O) groups excluding carboxylic acids is 1. The number of nitrogens with two attached hydrogens (primary N) is 1. The Bertz CT molecular complexity index is 754. The minimum absolute atomic E-state index is 0.00556. The number of ether oxygens (including phenoxy) is 2. The molecule has 0 aromatic heterocycles. The minimum atomic E-state index is -0.524. The van der Waals surface area contributed by atoms with E-state index in [1.165, 1.54) is 0 Å². The molecule has 5 nitrogen and oxygen atoms in total. The van der Waals surface area contributed by atoms with E-state index in [1.807, 2.05) is 55.5 Å². The molecule has 1 saturated heterocycles. The van der Waals surface area contributed by atoms with Crippen LogP contribution in [-0.4, -0.2) is 25.7 Å². The summed E-state index contributed by atoms with van der Waals surface area (Å²) < 4.78 is 11.5. The van der Waals surface area contributed by atoms with E-state index in [1.54, 1.807) is 0 Å². The first-order valence-corrected chi connectivity index (χ1v) is 9.02. The summed E-state index contributed by atoms with van der Waals surface area (Å²) in [4.78, 5) is 12.8. The number of benzene rings is 2. The highest BCUT2D eigenvalue weighted by molar-refractivity contribution is 5.83. The van der Waals surface area contributed by atoms with E-state index in [9.17, 15) is 4.79 Å². The lowest BCUT2D eigenvalue weighted by Crippen LogP contribution is -2.48. The molecular weight excluding hydrogens is 328 g/mol. The Kier molecular flexibility index (Phi) is 5.91. The van der Waals surface area contributed by atoms with Crippen LogP contribution in [0.3, 0.4) is 0 Å². The van der Waals surface area contributed by atoms with E-state index < -0.39 is 5.41 Å². The van der Waals surface area contributed by atoms with Crippen LogP contribution in [0.5, 0.6) is 11.5 Å². The van der Waals surface area contributed by atoms with Gasteiger partial charge in [0.1, 0.15) is 11.5 Å². The van der Waals surface area contributed by atoms with Gasteiger partial charge in [0.05, 0.1) is 5.41 Å². The lowest BCUT2D eigenvalue weighted by molar-refractivity contribution is -0.136. The normalized spacial score (nSPS) is 16.1. The highest BCUT2D eigenvalue weighted by atomic mass is 16.5. The maximum Gasteiger partial charge on any atom is 0.227 e. The van der Waals surface area contributed by atoms with Gasteiger partial charge in [0.25, 0.3) is 0 Å². The lowest BCUT2D eigenvalue weighted by atomic mass is 9.79. The number of para-hydroxylation sites is 2. The van der Waals surface area contributed by atoms with Crippen molar-refractivity contribution in [3.8, 4) is 11.5 Å². The van der Waals surface area contributed by atoms with Gasteiger partial charge in [0.15, 0.2) is 0 Å². The van der Waals surface area contributed by atoms with Crippen molar-refractivity contribution in [2.75, 3.05) is 19.8 Å². The van der Waals surface area contributed by atoms with Gasteiger partial charge >= 0.3 is 0 Å². The monoisotopic (exact) mass is 354 g/mol. The lowest BCUT2D eigenvalue weighted by Gasteiger charge is -2.34. The predicted molar refractivity (Wildman–Crippen MR) is 101 cm³/mol. The summed E-state index contributed by atoms with van der Waals surface area (Å²) in [5, 5.41) is 3.05. The maximum atomic E-state index is 12.8.